The molecule has 0 N–H and O–H groups in total. The van der Waals surface area contributed by atoms with Crippen LogP contribution in [0, 0.1) is 71.0 Å². The molecule has 696 valence electrons. The van der Waals surface area contributed by atoms with Crippen LogP contribution < -0.4 is 14.7 Å². The maximum absolute atomic E-state index is 6.23. The van der Waals surface area contributed by atoms with Gasteiger partial charge in [-0.2, -0.15) is 0 Å². The van der Waals surface area contributed by atoms with Crippen molar-refractivity contribution < 1.29 is 8.83 Å². The number of furan rings is 2. The number of para-hydroxylation sites is 5. The van der Waals surface area contributed by atoms with Crippen LogP contribution in [0.3, 0.4) is 0 Å². The van der Waals surface area contributed by atoms with E-state index < -0.39 is 0 Å². The zero-order valence-corrected chi connectivity index (χ0v) is 81.8. The highest BCUT2D eigenvalue weighted by molar-refractivity contribution is 7.25. The summed E-state index contributed by atoms with van der Waals surface area (Å²) >= 11 is 1.89. The standard InChI is InChI=1S/2C46H37NO.C46H37NS/c1-2-8-35(9-3-1)47(36-17-14-31(15-18-36)32-16-21-45-41(27-32)40-11-5-7-13-44(40)48-45)37-19-20-39-38-10-4-6-12-42(38)46(43(39)28-37)33-23-29-22-30(25-33)26-34(46)24-29;2*1-2-8-35(9-3-1)47(36-17-14-31(15-18-36)32-16-20-41-40-11-5-7-13-44(40)48-45(41)27-32)37-19-21-39-38-10-4-6-12-42(38)46(43(39)28-37)33-23-29-22-30(25-33)26-34(46)24-29/h3*1-21,27-30,33-34H,22-26H2. The van der Waals surface area contributed by atoms with Crippen molar-refractivity contribution in [1.82, 2.24) is 0 Å². The van der Waals surface area contributed by atoms with Gasteiger partial charge in [-0.1, -0.05) is 261 Å². The van der Waals surface area contributed by atoms with Gasteiger partial charge in [0, 0.05) is 109 Å². The number of fused-ring (bicyclic) bond motifs is 18. The molecule has 6 heteroatoms. The number of benzene rings is 18. The smallest absolute Gasteiger partial charge is 0.136 e. The summed E-state index contributed by atoms with van der Waals surface area (Å²) in [7, 11) is 0. The van der Waals surface area contributed by atoms with Gasteiger partial charge in [-0.05, 0) is 425 Å². The van der Waals surface area contributed by atoms with Gasteiger partial charge in [-0.25, -0.2) is 0 Å². The Labute approximate surface area is 846 Å². The van der Waals surface area contributed by atoms with E-state index in [1.807, 2.05) is 35.6 Å². The quantitative estimate of drug-likeness (QED) is 0.122. The Morgan fingerprint density at radius 2 is 0.444 bits per heavy atom. The van der Waals surface area contributed by atoms with Crippen LogP contribution in [-0.4, -0.2) is 0 Å². The van der Waals surface area contributed by atoms with Crippen LogP contribution in [0.25, 0.3) is 131 Å². The van der Waals surface area contributed by atoms with Gasteiger partial charge >= 0.3 is 0 Å². The first-order valence-corrected chi connectivity index (χ1v) is 54.4. The van der Waals surface area contributed by atoms with E-state index in [0.29, 0.717) is 0 Å². The Balaban J connectivity index is 0.0000000986. The van der Waals surface area contributed by atoms with Crippen LogP contribution in [-0.2, 0) is 16.2 Å². The molecule has 5 nitrogen and oxygen atoms in total. The van der Waals surface area contributed by atoms with Crippen molar-refractivity contribution in [2.45, 2.75) is 113 Å². The Hall–Kier alpha value is -14.8. The van der Waals surface area contributed by atoms with E-state index in [4.69, 9.17) is 8.83 Å². The number of hydrogen-bond acceptors (Lipinski definition) is 6. The molecular formula is C138H111N3O2S. The fourth-order valence-electron chi connectivity index (χ4n) is 33.0. The van der Waals surface area contributed by atoms with Crippen LogP contribution in [0.5, 0.6) is 0 Å². The van der Waals surface area contributed by atoms with E-state index in [2.05, 4.69) is 409 Å². The summed E-state index contributed by atoms with van der Waals surface area (Å²) in [4.78, 5) is 7.40. The lowest BCUT2D eigenvalue weighted by Crippen LogP contribution is -2.55. The number of thiophene rings is 1. The molecule has 0 aliphatic heterocycles. The Morgan fingerprint density at radius 3 is 0.847 bits per heavy atom. The lowest BCUT2D eigenvalue weighted by molar-refractivity contribution is -0.0399. The van der Waals surface area contributed by atoms with E-state index >= 15 is 0 Å². The molecule has 144 heavy (non-hydrogen) atoms. The van der Waals surface area contributed by atoms with Crippen molar-refractivity contribution in [2.75, 3.05) is 14.7 Å². The van der Waals surface area contributed by atoms with Crippen LogP contribution in [0.1, 0.15) is 130 Å². The molecule has 0 saturated heterocycles. The molecule has 12 bridgehead atoms. The van der Waals surface area contributed by atoms with Gasteiger partial charge in [0.05, 0.1) is 0 Å². The third-order valence-electron chi connectivity index (χ3n) is 37.9. The number of rotatable bonds is 12. The third kappa shape index (κ3) is 12.7. The number of anilines is 9. The zero-order valence-electron chi connectivity index (χ0n) is 80.9. The third-order valence-corrected chi connectivity index (χ3v) is 39.1. The number of hydrogen-bond donors (Lipinski definition) is 0. The Kier molecular flexibility index (Phi) is 19.0. The average Bonchev–Trinajstić information content (AvgIpc) is 1.51. The van der Waals surface area contributed by atoms with Gasteiger partial charge in [0.2, 0.25) is 0 Å². The van der Waals surface area contributed by atoms with E-state index in [1.54, 1.807) is 33.4 Å². The summed E-state index contributed by atoms with van der Waals surface area (Å²) in [5, 5.41) is 7.36. The van der Waals surface area contributed by atoms with Crippen LogP contribution in [0.2, 0.25) is 0 Å². The molecule has 12 fully saturated rings. The molecule has 3 aromatic heterocycles. The van der Waals surface area contributed by atoms with E-state index in [1.165, 1.54) is 240 Å². The lowest BCUT2D eigenvalue weighted by Gasteiger charge is -2.61. The number of nitrogens with zero attached hydrogens (tertiary/aromatic N) is 3. The maximum atomic E-state index is 6.23. The molecule has 0 atom stereocenters. The van der Waals surface area contributed by atoms with Crippen molar-refractivity contribution in [2.24, 2.45) is 71.0 Å². The van der Waals surface area contributed by atoms with Crippen molar-refractivity contribution >= 4 is 127 Å². The van der Waals surface area contributed by atoms with Gasteiger partial charge in [0.25, 0.3) is 0 Å². The molecule has 36 rings (SSSR count). The molecule has 15 aliphatic rings. The van der Waals surface area contributed by atoms with Gasteiger partial charge in [-0.3, -0.25) is 0 Å². The second kappa shape index (κ2) is 32.6. The van der Waals surface area contributed by atoms with Crippen LogP contribution >= 0.6 is 11.3 Å². The zero-order chi connectivity index (χ0) is 94.2. The molecule has 21 aromatic rings. The summed E-state index contributed by atoms with van der Waals surface area (Å²) in [6, 6.07) is 156. The summed E-state index contributed by atoms with van der Waals surface area (Å²) in [6.45, 7) is 0. The van der Waals surface area contributed by atoms with Gasteiger partial charge < -0.3 is 23.5 Å². The summed E-state index contributed by atoms with van der Waals surface area (Å²) < 4.78 is 15.0. The Morgan fingerprint density at radius 1 is 0.174 bits per heavy atom. The van der Waals surface area contributed by atoms with Crippen molar-refractivity contribution in [1.29, 1.82) is 0 Å². The van der Waals surface area contributed by atoms with Gasteiger partial charge in [0.1, 0.15) is 22.3 Å². The van der Waals surface area contributed by atoms with E-state index in [-0.39, 0.29) is 16.2 Å². The molecular weight excluding hydrogens is 1760 g/mol. The molecule has 12 saturated carbocycles. The molecule has 3 spiro atoms. The second-order valence-electron chi connectivity index (χ2n) is 44.9. The van der Waals surface area contributed by atoms with Crippen LogP contribution in [0.4, 0.5) is 51.2 Å². The molecule has 0 unspecified atom stereocenters. The first-order chi connectivity index (χ1) is 71.2. The topological polar surface area (TPSA) is 36.0 Å². The highest BCUT2D eigenvalue weighted by atomic mass is 32.1. The highest BCUT2D eigenvalue weighted by Gasteiger charge is 2.65. The maximum Gasteiger partial charge on any atom is 0.136 e. The average molecular weight is 1880 g/mol. The fourth-order valence-corrected chi connectivity index (χ4v) is 34.2. The first-order valence-electron chi connectivity index (χ1n) is 53.6. The van der Waals surface area contributed by atoms with E-state index in [9.17, 15) is 0 Å². The predicted octanol–water partition coefficient (Wildman–Crippen LogP) is 37.8. The largest absolute Gasteiger partial charge is 0.456 e. The first kappa shape index (κ1) is 83.8. The second-order valence-corrected chi connectivity index (χ2v) is 46.0. The molecule has 3 heterocycles. The minimum atomic E-state index is 0.150. The van der Waals surface area contributed by atoms with Crippen molar-refractivity contribution in [3.05, 3.63) is 452 Å². The lowest BCUT2D eigenvalue weighted by atomic mass is 9.43. The SMILES string of the molecule is c1ccc(N(c2ccc(-c3ccc4c(c3)oc3ccccc34)cc2)c2ccc3c(c2)C2(c4ccccc4-3)C3CC4CC(C3)CC2C4)cc1.c1ccc(N(c2ccc(-c3ccc4c(c3)sc3ccccc34)cc2)c2ccc3c(c2)C2(c4ccccc4-3)C3CC4CC(C3)CC2C4)cc1.c1ccc(N(c2ccc(-c3ccc4oc5ccccc5c4c3)cc2)c2ccc3c(c2)C2(c4ccccc4-3)C3CC4CC(C3)CC2C4)cc1. The Bertz CT molecular complexity index is 8270. The highest BCUT2D eigenvalue weighted by Crippen LogP contribution is 2.74. The predicted molar refractivity (Wildman–Crippen MR) is 597 cm³/mol. The summed E-state index contributed by atoms with van der Waals surface area (Å²) in [5.41, 5.74) is 40.8. The van der Waals surface area contributed by atoms with E-state index in [0.717, 1.165) is 110 Å². The van der Waals surface area contributed by atoms with Crippen molar-refractivity contribution in [3.63, 3.8) is 0 Å². The summed E-state index contributed by atoms with van der Waals surface area (Å²) in [5.74, 6) is 10.1. The molecule has 15 aliphatic carbocycles. The van der Waals surface area contributed by atoms with Crippen molar-refractivity contribution in [3.8, 4) is 66.8 Å². The summed E-state index contributed by atoms with van der Waals surface area (Å²) in [6.07, 6.45) is 21.2. The molecule has 0 amide bonds. The van der Waals surface area contributed by atoms with Gasteiger partial charge in [0.15, 0.2) is 0 Å². The fraction of sp³-hybridized carbons (Fsp3) is 0.217. The normalized spacial score (nSPS) is 24.8. The van der Waals surface area contributed by atoms with Crippen LogP contribution in [0.15, 0.2) is 427 Å². The van der Waals surface area contributed by atoms with Gasteiger partial charge in [-0.15, -0.1) is 11.3 Å². The minimum absolute atomic E-state index is 0.150. The molecule has 18 aromatic carbocycles. The molecule has 0 radical (unpaired) electrons. The monoisotopic (exact) mass is 1870 g/mol. The minimum Gasteiger partial charge on any atom is -0.456 e.